The van der Waals surface area contributed by atoms with Crippen molar-refractivity contribution in [1.82, 2.24) is 5.32 Å². The molecule has 1 N–H and O–H groups in total. The molecule has 0 heterocycles. The van der Waals surface area contributed by atoms with Crippen molar-refractivity contribution in [2.24, 2.45) is 5.41 Å². The van der Waals surface area contributed by atoms with Gasteiger partial charge in [0.05, 0.1) is 0 Å². The predicted molar refractivity (Wildman–Crippen MR) is 64.7 cm³/mol. The molecule has 0 aliphatic carbocycles. The Labute approximate surface area is 96.0 Å². The summed E-state index contributed by atoms with van der Waals surface area (Å²) in [6.07, 6.45) is 1.92. The van der Waals surface area contributed by atoms with Crippen LogP contribution in [0, 0.1) is 5.41 Å². The first-order valence-corrected chi connectivity index (χ1v) is 6.26. The summed E-state index contributed by atoms with van der Waals surface area (Å²) in [4.78, 5) is 11.8. The Kier molecular flexibility index (Phi) is 5.13. The standard InChI is InChI=1S/C11H22BrNO/c1-6-11(5,7-8-12)13-9(14)10(2,3)4/h6-8H2,1-5H3,(H,13,14). The van der Waals surface area contributed by atoms with Crippen LogP contribution in [0.5, 0.6) is 0 Å². The third-order valence-corrected chi connectivity index (χ3v) is 2.92. The second-order valence-corrected chi connectivity index (χ2v) is 5.85. The van der Waals surface area contributed by atoms with E-state index in [-0.39, 0.29) is 16.9 Å². The van der Waals surface area contributed by atoms with E-state index in [9.17, 15) is 4.79 Å². The monoisotopic (exact) mass is 263 g/mol. The molecule has 84 valence electrons. The molecule has 0 bridgehead atoms. The molecule has 3 heteroatoms. The summed E-state index contributed by atoms with van der Waals surface area (Å²) in [5.74, 6) is 0.128. The lowest BCUT2D eigenvalue weighted by Gasteiger charge is -2.32. The smallest absolute Gasteiger partial charge is 0.225 e. The molecule has 14 heavy (non-hydrogen) atoms. The molecule has 0 aliphatic rings. The van der Waals surface area contributed by atoms with Crippen molar-refractivity contribution in [2.75, 3.05) is 5.33 Å². The van der Waals surface area contributed by atoms with Crippen LogP contribution in [0.2, 0.25) is 0 Å². The number of rotatable bonds is 4. The maximum Gasteiger partial charge on any atom is 0.225 e. The van der Waals surface area contributed by atoms with Crippen LogP contribution in [0.15, 0.2) is 0 Å². The van der Waals surface area contributed by atoms with Gasteiger partial charge < -0.3 is 5.32 Å². The van der Waals surface area contributed by atoms with E-state index in [1.54, 1.807) is 0 Å². The number of alkyl halides is 1. The van der Waals surface area contributed by atoms with E-state index in [2.05, 4.69) is 35.1 Å². The van der Waals surface area contributed by atoms with Crippen molar-refractivity contribution in [3.8, 4) is 0 Å². The summed E-state index contributed by atoms with van der Waals surface area (Å²) in [6, 6.07) is 0. The third-order valence-electron chi connectivity index (χ3n) is 2.52. The number of halogens is 1. The molecular weight excluding hydrogens is 242 g/mol. The number of nitrogens with one attached hydrogen (secondary N) is 1. The summed E-state index contributed by atoms with van der Waals surface area (Å²) in [7, 11) is 0. The maximum absolute atomic E-state index is 11.8. The van der Waals surface area contributed by atoms with Crippen LogP contribution in [-0.2, 0) is 4.79 Å². The van der Waals surface area contributed by atoms with Crippen molar-refractivity contribution in [3.05, 3.63) is 0 Å². The average molecular weight is 264 g/mol. The first-order chi connectivity index (χ1) is 6.25. The minimum atomic E-state index is -0.303. The summed E-state index contributed by atoms with van der Waals surface area (Å²) in [6.45, 7) is 10.0. The molecule has 1 atom stereocenters. The summed E-state index contributed by atoms with van der Waals surface area (Å²) in [5, 5.41) is 4.03. The third kappa shape index (κ3) is 4.45. The minimum Gasteiger partial charge on any atom is -0.350 e. The van der Waals surface area contributed by atoms with E-state index >= 15 is 0 Å². The molecule has 0 aromatic heterocycles. The minimum absolute atomic E-state index is 0.0755. The molecule has 0 spiro atoms. The number of carbonyl (C=O) groups excluding carboxylic acids is 1. The maximum atomic E-state index is 11.8. The zero-order valence-corrected chi connectivity index (χ0v) is 11.5. The van der Waals surface area contributed by atoms with Gasteiger partial charge in [-0.1, -0.05) is 43.6 Å². The Balaban J connectivity index is 4.39. The van der Waals surface area contributed by atoms with Crippen molar-refractivity contribution in [3.63, 3.8) is 0 Å². The van der Waals surface area contributed by atoms with Gasteiger partial charge in [-0.3, -0.25) is 4.79 Å². The van der Waals surface area contributed by atoms with Gasteiger partial charge in [0.2, 0.25) is 5.91 Å². The van der Waals surface area contributed by atoms with Gasteiger partial charge in [0.15, 0.2) is 0 Å². The number of hydrogen-bond donors (Lipinski definition) is 1. The van der Waals surface area contributed by atoms with Crippen molar-refractivity contribution < 1.29 is 4.79 Å². The molecule has 0 radical (unpaired) electrons. The van der Waals surface area contributed by atoms with Crippen LogP contribution in [0.1, 0.15) is 47.5 Å². The van der Waals surface area contributed by atoms with Gasteiger partial charge >= 0.3 is 0 Å². The van der Waals surface area contributed by atoms with Gasteiger partial charge in [-0.25, -0.2) is 0 Å². The van der Waals surface area contributed by atoms with Gasteiger partial charge in [-0.2, -0.15) is 0 Å². The molecule has 1 unspecified atom stereocenters. The van der Waals surface area contributed by atoms with E-state index in [4.69, 9.17) is 0 Å². The Morgan fingerprint density at radius 3 is 2.07 bits per heavy atom. The Morgan fingerprint density at radius 1 is 1.29 bits per heavy atom. The first kappa shape index (κ1) is 13.9. The number of carbonyl (C=O) groups is 1. The number of amides is 1. The topological polar surface area (TPSA) is 29.1 Å². The predicted octanol–water partition coefficient (Wildman–Crippen LogP) is 3.10. The van der Waals surface area contributed by atoms with Crippen LogP contribution in [0.3, 0.4) is 0 Å². The highest BCUT2D eigenvalue weighted by Crippen LogP contribution is 2.20. The van der Waals surface area contributed by atoms with Crippen LogP contribution in [-0.4, -0.2) is 16.8 Å². The van der Waals surface area contributed by atoms with E-state index in [0.717, 1.165) is 18.2 Å². The van der Waals surface area contributed by atoms with E-state index in [1.807, 2.05) is 20.8 Å². The fraction of sp³-hybridized carbons (Fsp3) is 0.909. The zero-order chi connectivity index (χ0) is 11.4. The Hall–Kier alpha value is -0.0500. The van der Waals surface area contributed by atoms with Crippen LogP contribution in [0.25, 0.3) is 0 Å². The van der Waals surface area contributed by atoms with Gasteiger partial charge in [0.25, 0.3) is 0 Å². The molecule has 0 saturated heterocycles. The fourth-order valence-electron chi connectivity index (χ4n) is 0.998. The highest BCUT2D eigenvalue weighted by Gasteiger charge is 2.29. The highest BCUT2D eigenvalue weighted by atomic mass is 79.9. The van der Waals surface area contributed by atoms with E-state index in [0.29, 0.717) is 0 Å². The van der Waals surface area contributed by atoms with Gasteiger partial charge in [-0.05, 0) is 19.8 Å². The zero-order valence-electron chi connectivity index (χ0n) is 9.91. The van der Waals surface area contributed by atoms with Crippen LogP contribution >= 0.6 is 15.9 Å². The second-order valence-electron chi connectivity index (χ2n) is 5.06. The van der Waals surface area contributed by atoms with Gasteiger partial charge in [-0.15, -0.1) is 0 Å². The highest BCUT2D eigenvalue weighted by molar-refractivity contribution is 9.09. The quantitative estimate of drug-likeness (QED) is 0.777. The van der Waals surface area contributed by atoms with Crippen LogP contribution < -0.4 is 5.32 Å². The molecule has 0 aromatic carbocycles. The van der Waals surface area contributed by atoms with Gasteiger partial charge in [0, 0.05) is 16.3 Å². The molecule has 0 aromatic rings. The molecule has 0 saturated carbocycles. The molecular formula is C11H22BrNO. The SMILES string of the molecule is CCC(C)(CCBr)NC(=O)C(C)(C)C. The molecule has 0 aliphatic heterocycles. The Bertz CT molecular complexity index is 198. The average Bonchev–Trinajstić information content (AvgIpc) is 2.03. The normalized spacial score (nSPS) is 16.1. The largest absolute Gasteiger partial charge is 0.350 e. The lowest BCUT2D eigenvalue weighted by atomic mass is 9.90. The lowest BCUT2D eigenvalue weighted by molar-refractivity contribution is -0.130. The van der Waals surface area contributed by atoms with Crippen molar-refractivity contribution in [1.29, 1.82) is 0 Å². The molecule has 0 rings (SSSR count). The lowest BCUT2D eigenvalue weighted by Crippen LogP contribution is -2.49. The number of hydrogen-bond acceptors (Lipinski definition) is 1. The molecule has 1 amide bonds. The van der Waals surface area contributed by atoms with Crippen molar-refractivity contribution in [2.45, 2.75) is 53.0 Å². The summed E-state index contributed by atoms with van der Waals surface area (Å²) >= 11 is 3.42. The van der Waals surface area contributed by atoms with Crippen molar-refractivity contribution >= 4 is 21.8 Å². The van der Waals surface area contributed by atoms with Crippen LogP contribution in [0.4, 0.5) is 0 Å². The molecule has 2 nitrogen and oxygen atoms in total. The van der Waals surface area contributed by atoms with Gasteiger partial charge in [0.1, 0.15) is 0 Å². The Morgan fingerprint density at radius 2 is 1.79 bits per heavy atom. The fourth-order valence-corrected chi connectivity index (χ4v) is 1.87. The van der Waals surface area contributed by atoms with E-state index in [1.165, 1.54) is 0 Å². The summed E-state index contributed by atoms with van der Waals surface area (Å²) in [5.41, 5.74) is -0.378. The molecule has 0 fully saturated rings. The summed E-state index contributed by atoms with van der Waals surface area (Å²) < 4.78 is 0. The van der Waals surface area contributed by atoms with E-state index < -0.39 is 0 Å². The first-order valence-electron chi connectivity index (χ1n) is 5.14. The second kappa shape index (κ2) is 5.15.